The van der Waals surface area contributed by atoms with Gasteiger partial charge in [-0.1, -0.05) is 25.8 Å². The van der Waals surface area contributed by atoms with Gasteiger partial charge >= 0.3 is 0 Å². The summed E-state index contributed by atoms with van der Waals surface area (Å²) in [5.41, 5.74) is 0.880. The highest BCUT2D eigenvalue weighted by molar-refractivity contribution is 7.49. The lowest BCUT2D eigenvalue weighted by Gasteiger charge is -2.27. The molecule has 0 saturated heterocycles. The third-order valence-electron chi connectivity index (χ3n) is 2.17. The van der Waals surface area contributed by atoms with Crippen LogP contribution in [0, 0.1) is 0 Å². The van der Waals surface area contributed by atoms with Gasteiger partial charge in [-0.3, -0.25) is 4.79 Å². The summed E-state index contributed by atoms with van der Waals surface area (Å²) in [6.45, 7) is 0. The summed E-state index contributed by atoms with van der Waals surface area (Å²) in [5.74, 6) is -0.704. The Morgan fingerprint density at radius 2 is 2.00 bits per heavy atom. The monoisotopic (exact) mass is 237 g/mol. The number of benzene rings is 1. The van der Waals surface area contributed by atoms with Crippen LogP contribution in [0.3, 0.4) is 0 Å². The number of aromatic nitrogens is 1. The first kappa shape index (κ1) is 11.1. The molecule has 0 fully saturated rings. The van der Waals surface area contributed by atoms with E-state index in [-0.39, 0.29) is 5.69 Å². The molecule has 0 aliphatic heterocycles. The number of Topliss-reactive ketones (excluding diaryl/α,β-unsaturated/α-hetero) is 1. The van der Waals surface area contributed by atoms with Crippen molar-refractivity contribution in [3.8, 4) is 0 Å². The van der Waals surface area contributed by atoms with Crippen molar-refractivity contribution in [2.45, 2.75) is 0 Å². The Labute approximate surface area is 91.3 Å². The Hall–Kier alpha value is -1.42. The molecular formula is C10H8NO4P-2. The van der Waals surface area contributed by atoms with Gasteiger partial charge in [0, 0.05) is 17.1 Å². The fourth-order valence-corrected chi connectivity index (χ4v) is 2.01. The molecule has 0 unspecified atom stereocenters. The highest BCUT2D eigenvalue weighted by Crippen LogP contribution is 2.25. The van der Waals surface area contributed by atoms with E-state index in [1.807, 2.05) is 0 Å². The molecule has 1 heterocycles. The Morgan fingerprint density at radius 3 is 2.62 bits per heavy atom. The van der Waals surface area contributed by atoms with Gasteiger partial charge in [0.15, 0.2) is 5.78 Å². The zero-order valence-electron chi connectivity index (χ0n) is 8.17. The second-order valence-electron chi connectivity index (χ2n) is 3.46. The maximum atomic E-state index is 11.4. The molecule has 16 heavy (non-hydrogen) atoms. The van der Waals surface area contributed by atoms with Crippen LogP contribution in [0.2, 0.25) is 0 Å². The zero-order chi connectivity index (χ0) is 11.8. The average Bonchev–Trinajstić information content (AvgIpc) is 2.58. The zero-order valence-corrected chi connectivity index (χ0v) is 9.07. The molecule has 0 bridgehead atoms. The van der Waals surface area contributed by atoms with Gasteiger partial charge in [0.05, 0.1) is 5.69 Å². The van der Waals surface area contributed by atoms with Crippen LogP contribution in [-0.2, 0) is 4.57 Å². The standard InChI is InChI=1S/C10H10NO4P/c12-10(6-16(13,14)15)9-5-7-3-1-2-4-8(7)11-9/h1-5,11H,6H2,(H2,13,14,15)/p-2. The maximum absolute atomic E-state index is 11.4. The first-order valence-corrected chi connectivity index (χ1v) is 6.30. The lowest BCUT2D eigenvalue weighted by Crippen LogP contribution is -2.22. The molecule has 0 radical (unpaired) electrons. The normalized spacial score (nSPS) is 11.9. The number of hydrogen-bond acceptors (Lipinski definition) is 4. The Morgan fingerprint density at radius 1 is 1.31 bits per heavy atom. The SMILES string of the molecule is O=C(CP(=O)([O-])[O-])c1cc2ccccc2[nH]1. The second kappa shape index (κ2) is 3.87. The van der Waals surface area contributed by atoms with Crippen LogP contribution in [0.1, 0.15) is 10.5 Å². The summed E-state index contributed by atoms with van der Waals surface area (Å²) in [6.07, 6.45) is -0.986. The average molecular weight is 237 g/mol. The molecular weight excluding hydrogens is 229 g/mol. The van der Waals surface area contributed by atoms with Gasteiger partial charge in [-0.15, -0.1) is 0 Å². The largest absolute Gasteiger partial charge is 0.810 e. The van der Waals surface area contributed by atoms with Crippen LogP contribution in [0.4, 0.5) is 0 Å². The van der Waals surface area contributed by atoms with Gasteiger partial charge in [-0.25, -0.2) is 0 Å². The van der Waals surface area contributed by atoms with Crippen molar-refractivity contribution >= 4 is 24.3 Å². The summed E-state index contributed by atoms with van der Waals surface area (Å²) < 4.78 is 10.5. The molecule has 0 aliphatic rings. The molecule has 1 aromatic carbocycles. The van der Waals surface area contributed by atoms with Crippen LogP contribution in [0.5, 0.6) is 0 Å². The Balaban J connectivity index is 2.34. The number of rotatable bonds is 3. The van der Waals surface area contributed by atoms with E-state index in [9.17, 15) is 19.1 Å². The molecule has 0 saturated carbocycles. The topological polar surface area (TPSA) is 96.1 Å². The minimum atomic E-state index is -4.80. The number of aromatic amines is 1. The van der Waals surface area contributed by atoms with Crippen molar-refractivity contribution < 1.29 is 19.1 Å². The highest BCUT2D eigenvalue weighted by atomic mass is 31.2. The molecule has 1 N–H and O–H groups in total. The molecule has 0 amide bonds. The van der Waals surface area contributed by atoms with Crippen molar-refractivity contribution in [1.82, 2.24) is 4.98 Å². The van der Waals surface area contributed by atoms with E-state index in [1.54, 1.807) is 24.3 Å². The number of ketones is 1. The number of para-hydroxylation sites is 1. The van der Waals surface area contributed by atoms with Gasteiger partial charge < -0.3 is 19.3 Å². The molecule has 84 valence electrons. The predicted molar refractivity (Wildman–Crippen MR) is 55.1 cm³/mol. The van der Waals surface area contributed by atoms with Gasteiger partial charge in [0.25, 0.3) is 0 Å². The lowest BCUT2D eigenvalue weighted by molar-refractivity contribution is -0.312. The van der Waals surface area contributed by atoms with E-state index >= 15 is 0 Å². The lowest BCUT2D eigenvalue weighted by atomic mass is 10.2. The first-order valence-electron chi connectivity index (χ1n) is 4.58. The highest BCUT2D eigenvalue weighted by Gasteiger charge is 2.10. The van der Waals surface area contributed by atoms with Crippen molar-refractivity contribution in [1.29, 1.82) is 0 Å². The van der Waals surface area contributed by atoms with Crippen LogP contribution < -0.4 is 9.79 Å². The van der Waals surface area contributed by atoms with E-state index in [1.165, 1.54) is 6.07 Å². The fourth-order valence-electron chi connectivity index (χ4n) is 1.48. The number of fused-ring (bicyclic) bond motifs is 1. The minimum Gasteiger partial charge on any atom is -0.810 e. The Bertz CT molecular complexity index is 550. The Kier molecular flexibility index (Phi) is 2.68. The van der Waals surface area contributed by atoms with Crippen LogP contribution >= 0.6 is 7.60 Å². The summed E-state index contributed by atoms with van der Waals surface area (Å²) in [6, 6.07) is 8.68. The summed E-state index contributed by atoms with van der Waals surface area (Å²) in [4.78, 5) is 35.1. The summed E-state index contributed by atoms with van der Waals surface area (Å²) in [7, 11) is -4.80. The van der Waals surface area contributed by atoms with E-state index in [0.717, 1.165) is 10.9 Å². The summed E-state index contributed by atoms with van der Waals surface area (Å²) >= 11 is 0. The van der Waals surface area contributed by atoms with E-state index in [0.29, 0.717) is 0 Å². The molecule has 2 aromatic rings. The number of H-pyrrole nitrogens is 1. The van der Waals surface area contributed by atoms with Crippen LogP contribution in [0.15, 0.2) is 30.3 Å². The predicted octanol–water partition coefficient (Wildman–Crippen LogP) is 0.264. The maximum Gasteiger partial charge on any atom is 0.183 e. The summed E-state index contributed by atoms with van der Waals surface area (Å²) in [5, 5.41) is 0.803. The molecule has 0 spiro atoms. The molecule has 6 heteroatoms. The number of carbonyl (C=O) groups is 1. The van der Waals surface area contributed by atoms with Crippen molar-refractivity contribution in [2.24, 2.45) is 0 Å². The van der Waals surface area contributed by atoms with Gasteiger partial charge in [-0.2, -0.15) is 0 Å². The number of nitrogens with one attached hydrogen (secondary N) is 1. The second-order valence-corrected chi connectivity index (χ2v) is 5.00. The van der Waals surface area contributed by atoms with Gasteiger partial charge in [0.2, 0.25) is 0 Å². The van der Waals surface area contributed by atoms with Crippen molar-refractivity contribution in [3.63, 3.8) is 0 Å². The van der Waals surface area contributed by atoms with Crippen molar-refractivity contribution in [2.75, 3.05) is 6.16 Å². The smallest absolute Gasteiger partial charge is 0.183 e. The molecule has 1 aromatic heterocycles. The third kappa shape index (κ3) is 2.39. The molecule has 0 atom stereocenters. The van der Waals surface area contributed by atoms with Crippen LogP contribution in [-0.4, -0.2) is 16.9 Å². The van der Waals surface area contributed by atoms with E-state index in [2.05, 4.69) is 4.98 Å². The van der Waals surface area contributed by atoms with Crippen molar-refractivity contribution in [3.05, 3.63) is 36.0 Å². The molecule has 0 aliphatic carbocycles. The fraction of sp³-hybridized carbons (Fsp3) is 0.100. The number of hydrogen-bond donors (Lipinski definition) is 1. The quantitative estimate of drug-likeness (QED) is 0.611. The third-order valence-corrected chi connectivity index (χ3v) is 2.84. The van der Waals surface area contributed by atoms with Gasteiger partial charge in [0.1, 0.15) is 0 Å². The molecule has 2 rings (SSSR count). The van der Waals surface area contributed by atoms with Crippen LogP contribution in [0.25, 0.3) is 10.9 Å². The van der Waals surface area contributed by atoms with E-state index in [4.69, 9.17) is 0 Å². The molecule has 5 nitrogen and oxygen atoms in total. The van der Waals surface area contributed by atoms with E-state index < -0.39 is 19.5 Å². The van der Waals surface area contributed by atoms with Gasteiger partial charge in [-0.05, 0) is 12.1 Å². The minimum absolute atomic E-state index is 0.146. The first-order chi connectivity index (χ1) is 7.46. The number of carbonyl (C=O) groups excluding carboxylic acids is 1.